The summed E-state index contributed by atoms with van der Waals surface area (Å²) in [5.41, 5.74) is 5.86. The zero-order valence-corrected chi connectivity index (χ0v) is 14.2. The second-order valence-electron chi connectivity index (χ2n) is 6.32. The van der Waals surface area contributed by atoms with Crippen molar-refractivity contribution in [3.63, 3.8) is 0 Å². The predicted molar refractivity (Wildman–Crippen MR) is 88.1 cm³/mol. The third kappa shape index (κ3) is 3.84. The molecule has 0 nitrogen and oxygen atoms in total. The Hall–Kier alpha value is -0.300. The maximum Gasteiger partial charge on any atom is 0.0428 e. The van der Waals surface area contributed by atoms with Gasteiger partial charge in [0.25, 0.3) is 0 Å². The van der Waals surface area contributed by atoms with E-state index in [2.05, 4.69) is 48.8 Å². The molecule has 1 aromatic rings. The van der Waals surface area contributed by atoms with Gasteiger partial charge in [0.15, 0.2) is 0 Å². The summed E-state index contributed by atoms with van der Waals surface area (Å²) in [5.74, 6) is 0.820. The van der Waals surface area contributed by atoms with Gasteiger partial charge in [-0.1, -0.05) is 65.7 Å². The summed E-state index contributed by atoms with van der Waals surface area (Å²) >= 11 is 4.03. The van der Waals surface area contributed by atoms with E-state index in [0.717, 1.165) is 5.92 Å². The highest BCUT2D eigenvalue weighted by Crippen LogP contribution is 2.41. The van der Waals surface area contributed by atoms with Crippen LogP contribution in [0.3, 0.4) is 0 Å². The van der Waals surface area contributed by atoms with Gasteiger partial charge in [-0.25, -0.2) is 0 Å². The van der Waals surface area contributed by atoms with Crippen LogP contribution in [0.1, 0.15) is 72.0 Å². The standard InChI is InChI=1S/C18H27Br/c1-13-11-14(2)17(15(3)12-13)18(19)16-9-7-5-4-6-8-10-16/h11-12,16,18H,4-10H2,1-3H3. The van der Waals surface area contributed by atoms with Gasteiger partial charge in [-0.3, -0.25) is 0 Å². The Kier molecular flexibility index (Phi) is 5.50. The van der Waals surface area contributed by atoms with E-state index < -0.39 is 0 Å². The fraction of sp³-hybridized carbons (Fsp3) is 0.667. The van der Waals surface area contributed by atoms with Crippen LogP contribution in [-0.4, -0.2) is 0 Å². The van der Waals surface area contributed by atoms with Crippen LogP contribution in [0.5, 0.6) is 0 Å². The molecule has 0 radical (unpaired) electrons. The molecule has 0 aliphatic heterocycles. The van der Waals surface area contributed by atoms with Crippen LogP contribution >= 0.6 is 15.9 Å². The third-order valence-electron chi connectivity index (χ3n) is 4.58. The van der Waals surface area contributed by atoms with E-state index in [1.807, 2.05) is 0 Å². The fourth-order valence-corrected chi connectivity index (χ4v) is 4.89. The summed E-state index contributed by atoms with van der Waals surface area (Å²) in [6.45, 7) is 6.74. The molecule has 1 fully saturated rings. The molecular weight excluding hydrogens is 296 g/mol. The zero-order valence-electron chi connectivity index (χ0n) is 12.6. The highest BCUT2D eigenvalue weighted by molar-refractivity contribution is 9.09. The van der Waals surface area contributed by atoms with Crippen LogP contribution in [-0.2, 0) is 0 Å². The zero-order chi connectivity index (χ0) is 13.8. The Bertz CT molecular complexity index is 391. The van der Waals surface area contributed by atoms with Crippen molar-refractivity contribution in [2.75, 3.05) is 0 Å². The number of alkyl halides is 1. The Labute approximate surface area is 127 Å². The molecule has 106 valence electrons. The van der Waals surface area contributed by atoms with Gasteiger partial charge in [-0.2, -0.15) is 0 Å². The van der Waals surface area contributed by atoms with Crippen molar-refractivity contribution < 1.29 is 0 Å². The highest BCUT2D eigenvalue weighted by atomic mass is 79.9. The molecule has 0 spiro atoms. The highest BCUT2D eigenvalue weighted by Gasteiger charge is 2.23. The summed E-state index contributed by atoms with van der Waals surface area (Å²) in [6.07, 6.45) is 9.92. The lowest BCUT2D eigenvalue weighted by molar-refractivity contribution is 0.373. The summed E-state index contributed by atoms with van der Waals surface area (Å²) in [5, 5.41) is 0. The molecule has 1 aliphatic rings. The monoisotopic (exact) mass is 322 g/mol. The Morgan fingerprint density at radius 2 is 1.37 bits per heavy atom. The topological polar surface area (TPSA) is 0 Å². The molecule has 0 heterocycles. The lowest BCUT2D eigenvalue weighted by Gasteiger charge is -2.27. The molecule has 0 bridgehead atoms. The lowest BCUT2D eigenvalue weighted by Crippen LogP contribution is -2.12. The van der Waals surface area contributed by atoms with Crippen LogP contribution < -0.4 is 0 Å². The van der Waals surface area contributed by atoms with Crippen molar-refractivity contribution in [1.82, 2.24) is 0 Å². The normalized spacial score (nSPS) is 19.8. The second-order valence-corrected chi connectivity index (χ2v) is 7.31. The number of aryl methyl sites for hydroxylation is 3. The Balaban J connectivity index is 2.19. The van der Waals surface area contributed by atoms with Crippen molar-refractivity contribution in [2.24, 2.45) is 5.92 Å². The van der Waals surface area contributed by atoms with E-state index in [1.54, 1.807) is 5.56 Å². The molecule has 1 unspecified atom stereocenters. The first-order valence-corrected chi connectivity index (χ1v) is 8.73. The molecule has 19 heavy (non-hydrogen) atoms. The van der Waals surface area contributed by atoms with Gasteiger partial charge in [0.05, 0.1) is 0 Å². The summed E-state index contributed by atoms with van der Waals surface area (Å²) < 4.78 is 0. The SMILES string of the molecule is Cc1cc(C)c(C(Br)C2CCCCCCC2)c(C)c1. The molecule has 0 aromatic heterocycles. The van der Waals surface area contributed by atoms with Gasteiger partial charge >= 0.3 is 0 Å². The summed E-state index contributed by atoms with van der Waals surface area (Å²) in [7, 11) is 0. The third-order valence-corrected chi connectivity index (χ3v) is 5.78. The number of hydrogen-bond donors (Lipinski definition) is 0. The van der Waals surface area contributed by atoms with Crippen LogP contribution in [0, 0.1) is 26.7 Å². The van der Waals surface area contributed by atoms with E-state index in [0.29, 0.717) is 4.83 Å². The quantitative estimate of drug-likeness (QED) is 0.552. The molecule has 1 atom stereocenters. The van der Waals surface area contributed by atoms with E-state index >= 15 is 0 Å². The van der Waals surface area contributed by atoms with Crippen molar-refractivity contribution in [1.29, 1.82) is 0 Å². The lowest BCUT2D eigenvalue weighted by atomic mass is 9.84. The fourth-order valence-electron chi connectivity index (χ4n) is 3.64. The number of halogens is 1. The van der Waals surface area contributed by atoms with Gasteiger partial charge < -0.3 is 0 Å². The number of benzene rings is 1. The van der Waals surface area contributed by atoms with E-state index in [9.17, 15) is 0 Å². The van der Waals surface area contributed by atoms with E-state index in [1.165, 1.54) is 61.6 Å². The summed E-state index contributed by atoms with van der Waals surface area (Å²) in [6, 6.07) is 4.67. The minimum atomic E-state index is 0.547. The minimum absolute atomic E-state index is 0.547. The molecule has 1 saturated carbocycles. The molecule has 0 N–H and O–H groups in total. The maximum absolute atomic E-state index is 4.03. The molecule has 1 aromatic carbocycles. The van der Waals surface area contributed by atoms with Gasteiger partial charge in [0, 0.05) is 4.83 Å². The van der Waals surface area contributed by atoms with Gasteiger partial charge in [-0.05, 0) is 56.2 Å². The van der Waals surface area contributed by atoms with E-state index in [4.69, 9.17) is 0 Å². The van der Waals surface area contributed by atoms with Crippen molar-refractivity contribution >= 4 is 15.9 Å². The van der Waals surface area contributed by atoms with Crippen LogP contribution in [0.25, 0.3) is 0 Å². The first-order valence-electron chi connectivity index (χ1n) is 7.81. The summed E-state index contributed by atoms with van der Waals surface area (Å²) in [4.78, 5) is 0.547. The predicted octanol–water partition coefficient (Wildman–Crippen LogP) is 6.41. The first kappa shape index (κ1) is 15.1. The smallest absolute Gasteiger partial charge is 0.0428 e. The average molecular weight is 323 g/mol. The van der Waals surface area contributed by atoms with Gasteiger partial charge in [0.1, 0.15) is 0 Å². The minimum Gasteiger partial charge on any atom is -0.0836 e. The first-order chi connectivity index (χ1) is 9.09. The van der Waals surface area contributed by atoms with Crippen molar-refractivity contribution in [3.8, 4) is 0 Å². The molecule has 1 aliphatic carbocycles. The molecule has 1 heteroatoms. The number of rotatable bonds is 2. The molecule has 2 rings (SSSR count). The van der Waals surface area contributed by atoms with Crippen LogP contribution in [0.2, 0.25) is 0 Å². The van der Waals surface area contributed by atoms with Crippen molar-refractivity contribution in [2.45, 2.75) is 70.5 Å². The molecule has 0 amide bonds. The maximum atomic E-state index is 4.03. The Morgan fingerprint density at radius 3 is 1.89 bits per heavy atom. The largest absolute Gasteiger partial charge is 0.0836 e. The van der Waals surface area contributed by atoms with Gasteiger partial charge in [0.2, 0.25) is 0 Å². The van der Waals surface area contributed by atoms with Crippen LogP contribution in [0.4, 0.5) is 0 Å². The molecule has 0 saturated heterocycles. The Morgan fingerprint density at radius 1 is 0.895 bits per heavy atom. The van der Waals surface area contributed by atoms with Crippen molar-refractivity contribution in [3.05, 3.63) is 34.4 Å². The van der Waals surface area contributed by atoms with Crippen LogP contribution in [0.15, 0.2) is 12.1 Å². The van der Waals surface area contributed by atoms with Gasteiger partial charge in [-0.15, -0.1) is 0 Å². The molecular formula is C18H27Br. The average Bonchev–Trinajstić information content (AvgIpc) is 2.26. The van der Waals surface area contributed by atoms with E-state index in [-0.39, 0.29) is 0 Å². The number of hydrogen-bond acceptors (Lipinski definition) is 0. The second kappa shape index (κ2) is 6.92.